The van der Waals surface area contributed by atoms with Crippen LogP contribution in [0.1, 0.15) is 124 Å². The minimum atomic E-state index is -0.483. The molecule has 37 heavy (non-hydrogen) atoms. The molecule has 0 bridgehead atoms. The molecule has 0 aromatic heterocycles. The van der Waals surface area contributed by atoms with Gasteiger partial charge in [0.25, 0.3) is 0 Å². The summed E-state index contributed by atoms with van der Waals surface area (Å²) in [6, 6.07) is 0. The van der Waals surface area contributed by atoms with Gasteiger partial charge in [-0.3, -0.25) is 9.59 Å². The molecule has 0 aromatic rings. The molecule has 0 atom stereocenters. The Morgan fingerprint density at radius 3 is 1.05 bits per heavy atom. The third-order valence-corrected chi connectivity index (χ3v) is 5.73. The molecule has 8 nitrogen and oxygen atoms in total. The largest absolute Gasteiger partial charge is 0.460 e. The van der Waals surface area contributed by atoms with E-state index in [1.54, 1.807) is 0 Å². The lowest BCUT2D eigenvalue weighted by molar-refractivity contribution is -0.183. The van der Waals surface area contributed by atoms with Crippen LogP contribution in [-0.2, 0) is 38.0 Å². The van der Waals surface area contributed by atoms with E-state index in [-0.39, 0.29) is 25.2 Å². The molecule has 0 spiro atoms. The summed E-state index contributed by atoms with van der Waals surface area (Å²) in [6.07, 6.45) is 12.2. The Hall–Kier alpha value is -1.22. The summed E-state index contributed by atoms with van der Waals surface area (Å²) < 4.78 is 33.5. The normalized spacial score (nSPS) is 11.4. The average Bonchev–Trinajstić information content (AvgIpc) is 2.89. The van der Waals surface area contributed by atoms with Crippen LogP contribution < -0.4 is 0 Å². The summed E-state index contributed by atoms with van der Waals surface area (Å²) in [5, 5.41) is 0. The molecule has 0 saturated heterocycles. The third kappa shape index (κ3) is 24.9. The monoisotopic (exact) mass is 532 g/mol. The highest BCUT2D eigenvalue weighted by molar-refractivity contribution is 5.69. The van der Waals surface area contributed by atoms with Crippen LogP contribution in [0.2, 0.25) is 0 Å². The van der Waals surface area contributed by atoms with Crippen LogP contribution in [0.3, 0.4) is 0 Å². The van der Waals surface area contributed by atoms with Crippen molar-refractivity contribution in [3.05, 3.63) is 0 Å². The smallest absolute Gasteiger partial charge is 0.305 e. The lowest BCUT2D eigenvalue weighted by atomic mass is 10.1. The number of carbonyl (C=O) groups is 2. The molecule has 0 aromatic carbocycles. The van der Waals surface area contributed by atoms with Crippen LogP contribution in [0.5, 0.6) is 0 Å². The van der Waals surface area contributed by atoms with Gasteiger partial charge in [0.15, 0.2) is 12.6 Å². The summed E-state index contributed by atoms with van der Waals surface area (Å²) >= 11 is 0. The molecular weight excluding hydrogens is 476 g/mol. The van der Waals surface area contributed by atoms with Gasteiger partial charge in [0.05, 0.1) is 0 Å². The molecule has 220 valence electrons. The second-order valence-electron chi connectivity index (χ2n) is 9.39. The molecule has 0 heterocycles. The average molecular weight is 533 g/mol. The van der Waals surface area contributed by atoms with Crippen LogP contribution in [0.4, 0.5) is 0 Å². The van der Waals surface area contributed by atoms with Crippen molar-refractivity contribution < 1.29 is 38.0 Å². The number of ether oxygens (including phenoxy) is 6. The SMILES string of the molecule is CCCCOC(COC(=O)CCCCCCCC(=O)OCC(OCCCC)OCCCC)OCCCC. The molecule has 8 heteroatoms. The zero-order valence-electron chi connectivity index (χ0n) is 24.3. The summed E-state index contributed by atoms with van der Waals surface area (Å²) in [6.45, 7) is 11.1. The summed E-state index contributed by atoms with van der Waals surface area (Å²) in [5.41, 5.74) is 0. The van der Waals surface area contributed by atoms with Crippen LogP contribution in [0.15, 0.2) is 0 Å². The Morgan fingerprint density at radius 1 is 0.459 bits per heavy atom. The summed E-state index contributed by atoms with van der Waals surface area (Å²) in [4.78, 5) is 24.1. The molecule has 0 fully saturated rings. The van der Waals surface area contributed by atoms with E-state index >= 15 is 0 Å². The van der Waals surface area contributed by atoms with Crippen molar-refractivity contribution in [1.29, 1.82) is 0 Å². The maximum absolute atomic E-state index is 12.1. The highest BCUT2D eigenvalue weighted by Crippen LogP contribution is 2.10. The van der Waals surface area contributed by atoms with E-state index in [1.165, 1.54) is 0 Å². The van der Waals surface area contributed by atoms with Crippen molar-refractivity contribution in [3.8, 4) is 0 Å². The van der Waals surface area contributed by atoms with Crippen molar-refractivity contribution in [2.45, 2.75) is 137 Å². The van der Waals surface area contributed by atoms with E-state index in [4.69, 9.17) is 28.4 Å². The number of carbonyl (C=O) groups excluding carboxylic acids is 2. The van der Waals surface area contributed by atoms with E-state index in [2.05, 4.69) is 27.7 Å². The van der Waals surface area contributed by atoms with E-state index in [0.717, 1.165) is 83.5 Å². The van der Waals surface area contributed by atoms with Crippen molar-refractivity contribution in [3.63, 3.8) is 0 Å². The maximum Gasteiger partial charge on any atom is 0.305 e. The molecule has 0 rings (SSSR count). The standard InChI is InChI=1S/C29H56O8/c1-5-9-20-32-28(33-21-10-6-2)24-36-26(30)18-16-14-13-15-17-19-27(31)37-25-29(34-22-11-7-3)35-23-12-8-4/h28-29H,5-25H2,1-4H3. The van der Waals surface area contributed by atoms with Gasteiger partial charge in [0.1, 0.15) is 13.2 Å². The Balaban J connectivity index is 3.89. The van der Waals surface area contributed by atoms with Crippen molar-refractivity contribution in [2.75, 3.05) is 39.6 Å². The fourth-order valence-electron chi connectivity index (χ4n) is 3.26. The molecule has 0 aliphatic rings. The highest BCUT2D eigenvalue weighted by Gasteiger charge is 2.14. The van der Waals surface area contributed by atoms with Gasteiger partial charge in [-0.2, -0.15) is 0 Å². The molecule has 0 saturated carbocycles. The topological polar surface area (TPSA) is 89.5 Å². The second-order valence-corrected chi connectivity index (χ2v) is 9.39. The molecule has 0 N–H and O–H groups in total. The van der Waals surface area contributed by atoms with E-state index in [0.29, 0.717) is 39.3 Å². The van der Waals surface area contributed by atoms with E-state index in [9.17, 15) is 9.59 Å². The van der Waals surface area contributed by atoms with Gasteiger partial charge < -0.3 is 28.4 Å². The first-order chi connectivity index (χ1) is 18.1. The first-order valence-electron chi connectivity index (χ1n) is 14.8. The maximum atomic E-state index is 12.1. The first-order valence-corrected chi connectivity index (χ1v) is 14.8. The van der Waals surface area contributed by atoms with Crippen LogP contribution in [0.25, 0.3) is 0 Å². The molecule has 0 aliphatic carbocycles. The minimum Gasteiger partial charge on any atom is -0.460 e. The highest BCUT2D eigenvalue weighted by atomic mass is 16.7. The van der Waals surface area contributed by atoms with Gasteiger partial charge in [-0.1, -0.05) is 72.6 Å². The van der Waals surface area contributed by atoms with E-state index in [1.807, 2.05) is 0 Å². The second kappa shape index (κ2) is 27.8. The number of hydrogen-bond donors (Lipinski definition) is 0. The molecule has 0 unspecified atom stereocenters. The number of hydrogen-bond acceptors (Lipinski definition) is 8. The Kier molecular flexibility index (Phi) is 26.9. The Bertz CT molecular complexity index is 450. The van der Waals surface area contributed by atoms with Crippen LogP contribution >= 0.6 is 0 Å². The van der Waals surface area contributed by atoms with Crippen molar-refractivity contribution in [1.82, 2.24) is 0 Å². The van der Waals surface area contributed by atoms with Gasteiger partial charge in [-0.05, 0) is 38.5 Å². The Labute approximate surface area is 226 Å². The zero-order valence-corrected chi connectivity index (χ0v) is 24.3. The fraction of sp³-hybridized carbons (Fsp3) is 0.931. The van der Waals surface area contributed by atoms with Gasteiger partial charge >= 0.3 is 11.9 Å². The molecule has 0 amide bonds. The van der Waals surface area contributed by atoms with Crippen LogP contribution in [0, 0.1) is 0 Å². The van der Waals surface area contributed by atoms with E-state index < -0.39 is 12.6 Å². The molecule has 0 aliphatic heterocycles. The van der Waals surface area contributed by atoms with Crippen molar-refractivity contribution in [2.24, 2.45) is 0 Å². The van der Waals surface area contributed by atoms with Gasteiger partial charge in [0, 0.05) is 39.3 Å². The lowest BCUT2D eigenvalue weighted by Crippen LogP contribution is -2.26. The third-order valence-electron chi connectivity index (χ3n) is 5.73. The summed E-state index contributed by atoms with van der Waals surface area (Å²) in [7, 11) is 0. The molecular formula is C29H56O8. The summed E-state index contributed by atoms with van der Waals surface area (Å²) in [5.74, 6) is -0.438. The van der Waals surface area contributed by atoms with Gasteiger partial charge in [-0.25, -0.2) is 0 Å². The fourth-order valence-corrected chi connectivity index (χ4v) is 3.26. The Morgan fingerprint density at radius 2 is 0.757 bits per heavy atom. The van der Waals surface area contributed by atoms with Gasteiger partial charge in [0.2, 0.25) is 0 Å². The number of esters is 2. The first kappa shape index (κ1) is 35.8. The molecule has 0 radical (unpaired) electrons. The lowest BCUT2D eigenvalue weighted by Gasteiger charge is -2.18. The predicted octanol–water partition coefficient (Wildman–Crippen LogP) is 6.72. The minimum absolute atomic E-state index is 0.141. The number of rotatable bonds is 28. The van der Waals surface area contributed by atoms with Gasteiger partial charge in [-0.15, -0.1) is 0 Å². The zero-order chi connectivity index (χ0) is 27.4. The predicted molar refractivity (Wildman–Crippen MR) is 145 cm³/mol. The number of unbranched alkanes of at least 4 members (excludes halogenated alkanes) is 8. The van der Waals surface area contributed by atoms with Crippen molar-refractivity contribution >= 4 is 11.9 Å². The van der Waals surface area contributed by atoms with Crippen LogP contribution in [-0.4, -0.2) is 64.2 Å². The quantitative estimate of drug-likeness (QED) is 0.0623.